The lowest BCUT2D eigenvalue weighted by atomic mass is 10.0. The molecule has 0 saturated carbocycles. The molecular formula is C26H27F3N6O4. The zero-order valence-corrected chi connectivity index (χ0v) is 21.0. The fourth-order valence-electron chi connectivity index (χ4n) is 5.03. The van der Waals surface area contributed by atoms with Gasteiger partial charge >= 0.3 is 24.2 Å². The van der Waals surface area contributed by atoms with Crippen molar-refractivity contribution in [2.45, 2.75) is 44.1 Å². The first kappa shape index (κ1) is 26.3. The van der Waals surface area contributed by atoms with Crippen molar-refractivity contribution in [1.82, 2.24) is 25.1 Å². The minimum Gasteiger partial charge on any atom is -0.467 e. The molecule has 10 nitrogen and oxygen atoms in total. The van der Waals surface area contributed by atoms with Gasteiger partial charge in [-0.15, -0.1) is 0 Å². The summed E-state index contributed by atoms with van der Waals surface area (Å²) in [6.45, 7) is 1.26. The number of likely N-dealkylation sites (tertiary alicyclic amines) is 1. The van der Waals surface area contributed by atoms with Crippen LogP contribution in [0.5, 0.6) is 0 Å². The Morgan fingerprint density at radius 2 is 1.92 bits per heavy atom. The Kier molecular flexibility index (Phi) is 7.06. The van der Waals surface area contributed by atoms with Gasteiger partial charge in [-0.1, -0.05) is 24.3 Å². The number of nitrogens with zero attached hydrogens (tertiary/aromatic N) is 3. The number of H-pyrrole nitrogens is 1. The van der Waals surface area contributed by atoms with Gasteiger partial charge in [0.15, 0.2) is 0 Å². The summed E-state index contributed by atoms with van der Waals surface area (Å²) < 4.78 is 43.8. The topological polar surface area (TPSA) is 120 Å². The summed E-state index contributed by atoms with van der Waals surface area (Å²) in [7, 11) is 1.20. The molecule has 206 valence electrons. The molecule has 3 heterocycles. The number of nitrogens with one attached hydrogen (secondary N) is 3. The van der Waals surface area contributed by atoms with Crippen LogP contribution < -0.4 is 10.6 Å². The summed E-state index contributed by atoms with van der Waals surface area (Å²) in [4.78, 5) is 47.3. The van der Waals surface area contributed by atoms with E-state index in [9.17, 15) is 27.6 Å². The number of halogens is 3. The van der Waals surface area contributed by atoms with Crippen molar-refractivity contribution < 1.29 is 32.3 Å². The lowest BCUT2D eigenvalue weighted by molar-refractivity contribution is -0.144. The summed E-state index contributed by atoms with van der Waals surface area (Å²) in [6, 6.07) is 10.3. The van der Waals surface area contributed by atoms with Crippen LogP contribution >= 0.6 is 0 Å². The molecule has 0 radical (unpaired) electrons. The fourth-order valence-corrected chi connectivity index (χ4v) is 5.03. The van der Waals surface area contributed by atoms with Gasteiger partial charge in [-0.2, -0.15) is 13.2 Å². The van der Waals surface area contributed by atoms with E-state index in [1.807, 2.05) is 24.3 Å². The second-order valence-corrected chi connectivity index (χ2v) is 9.60. The lowest BCUT2D eigenvalue weighted by Crippen LogP contribution is -2.54. The number of carbonyl (C=O) groups is 3. The zero-order chi connectivity index (χ0) is 27.7. The van der Waals surface area contributed by atoms with Crippen LogP contribution in [0, 0.1) is 0 Å². The van der Waals surface area contributed by atoms with E-state index in [-0.39, 0.29) is 29.5 Å². The number of urea groups is 2. The summed E-state index contributed by atoms with van der Waals surface area (Å²) in [6.07, 6.45) is -3.45. The number of aromatic nitrogens is 2. The number of benzene rings is 2. The second kappa shape index (κ2) is 10.5. The number of alkyl halides is 3. The van der Waals surface area contributed by atoms with Crippen LogP contribution in [0.15, 0.2) is 42.5 Å². The molecule has 1 fully saturated rings. The van der Waals surface area contributed by atoms with Crippen LogP contribution in [-0.2, 0) is 28.7 Å². The number of rotatable bonds is 5. The number of esters is 1. The van der Waals surface area contributed by atoms with Gasteiger partial charge in [0.25, 0.3) is 0 Å². The monoisotopic (exact) mass is 544 g/mol. The largest absolute Gasteiger partial charge is 0.467 e. The number of hydrogen-bond acceptors (Lipinski definition) is 5. The molecule has 1 saturated heterocycles. The quantitative estimate of drug-likeness (QED) is 0.421. The maximum atomic E-state index is 13.0. The normalized spacial score (nSPS) is 17.0. The van der Waals surface area contributed by atoms with Gasteiger partial charge < -0.3 is 30.2 Å². The van der Waals surface area contributed by atoms with Gasteiger partial charge in [-0.05, 0) is 42.2 Å². The van der Waals surface area contributed by atoms with Crippen LogP contribution in [0.25, 0.3) is 11.0 Å². The third kappa shape index (κ3) is 5.61. The Morgan fingerprint density at radius 1 is 1.18 bits per heavy atom. The molecular weight excluding hydrogens is 517 g/mol. The van der Waals surface area contributed by atoms with E-state index in [4.69, 9.17) is 4.74 Å². The number of fused-ring (bicyclic) bond motifs is 2. The first-order valence-corrected chi connectivity index (χ1v) is 12.5. The molecule has 0 aliphatic carbocycles. The molecule has 13 heteroatoms. The molecule has 2 aliphatic heterocycles. The third-order valence-electron chi connectivity index (χ3n) is 7.09. The molecule has 5 rings (SSSR count). The minimum absolute atomic E-state index is 0.0124. The average Bonchev–Trinajstić information content (AvgIpc) is 3.36. The molecule has 4 amide bonds. The first-order chi connectivity index (χ1) is 18.6. The third-order valence-corrected chi connectivity index (χ3v) is 7.09. The van der Waals surface area contributed by atoms with Gasteiger partial charge in [-0.3, -0.25) is 0 Å². The van der Waals surface area contributed by atoms with Crippen molar-refractivity contribution in [3.05, 3.63) is 59.4 Å². The molecule has 39 heavy (non-hydrogen) atoms. The predicted octanol–water partition coefficient (Wildman–Crippen LogP) is 3.89. The molecule has 1 atom stereocenters. The van der Waals surface area contributed by atoms with Crippen molar-refractivity contribution in [3.8, 4) is 0 Å². The number of para-hydroxylation sites is 1. The van der Waals surface area contributed by atoms with Gasteiger partial charge in [-0.25, -0.2) is 19.4 Å². The number of piperidine rings is 1. The molecule has 0 bridgehead atoms. The molecule has 0 spiro atoms. The van der Waals surface area contributed by atoms with Gasteiger partial charge in [0, 0.05) is 37.8 Å². The van der Waals surface area contributed by atoms with Gasteiger partial charge in [0.2, 0.25) is 5.82 Å². The Bertz CT molecular complexity index is 1400. The van der Waals surface area contributed by atoms with E-state index < -0.39 is 30.0 Å². The Hall–Kier alpha value is -4.29. The standard InChI is InChI=1S/C26H27F3N6O4/c1-39-22(36)21(13-15-6-7-19-20(12-15)31-23(30-19)26(27,28)29)33-24(37)34-10-8-17(9-11-34)35-14-16-4-2-3-5-18(16)32-25(35)38/h2-7,12,17,21H,8-11,13-14H2,1H3,(H,30,31)(H,32,38)(H,33,37). The number of ether oxygens (including phenoxy) is 1. The van der Waals surface area contributed by atoms with Crippen molar-refractivity contribution in [2.75, 3.05) is 25.5 Å². The van der Waals surface area contributed by atoms with E-state index in [1.165, 1.54) is 19.2 Å². The van der Waals surface area contributed by atoms with E-state index in [1.54, 1.807) is 15.9 Å². The number of anilines is 1. The first-order valence-electron chi connectivity index (χ1n) is 12.5. The second-order valence-electron chi connectivity index (χ2n) is 9.60. The Balaban J connectivity index is 1.21. The average molecular weight is 545 g/mol. The summed E-state index contributed by atoms with van der Waals surface area (Å²) in [5, 5.41) is 5.60. The van der Waals surface area contributed by atoms with Gasteiger partial charge in [0.05, 0.1) is 18.1 Å². The van der Waals surface area contributed by atoms with Crippen molar-refractivity contribution in [1.29, 1.82) is 0 Å². The predicted molar refractivity (Wildman–Crippen MR) is 135 cm³/mol. The fraction of sp³-hybridized carbons (Fsp3) is 0.385. The highest BCUT2D eigenvalue weighted by Crippen LogP contribution is 2.29. The highest BCUT2D eigenvalue weighted by Gasteiger charge is 2.35. The molecule has 2 aromatic carbocycles. The van der Waals surface area contributed by atoms with Crippen LogP contribution in [0.1, 0.15) is 29.8 Å². The minimum atomic E-state index is -4.61. The van der Waals surface area contributed by atoms with Crippen LogP contribution in [0.3, 0.4) is 0 Å². The van der Waals surface area contributed by atoms with Crippen molar-refractivity contribution in [3.63, 3.8) is 0 Å². The van der Waals surface area contributed by atoms with Crippen molar-refractivity contribution in [2.24, 2.45) is 0 Å². The number of methoxy groups -OCH3 is 1. The molecule has 1 aromatic heterocycles. The summed E-state index contributed by atoms with van der Waals surface area (Å²) in [5.74, 6) is -1.79. The van der Waals surface area contributed by atoms with E-state index in [0.29, 0.717) is 38.0 Å². The molecule has 2 aliphatic rings. The summed E-state index contributed by atoms with van der Waals surface area (Å²) in [5.41, 5.74) is 2.66. The SMILES string of the molecule is COC(=O)C(Cc1ccc2nc(C(F)(F)F)[nH]c2c1)NC(=O)N1CCC(N2Cc3ccccc3NC2=O)CC1. The number of carbonyl (C=O) groups excluding carboxylic acids is 3. The maximum Gasteiger partial charge on any atom is 0.449 e. The van der Waals surface area contributed by atoms with Crippen LogP contribution in [0.4, 0.5) is 28.4 Å². The Morgan fingerprint density at radius 3 is 2.64 bits per heavy atom. The smallest absolute Gasteiger partial charge is 0.449 e. The number of amides is 4. The van der Waals surface area contributed by atoms with Crippen LogP contribution in [0.2, 0.25) is 0 Å². The van der Waals surface area contributed by atoms with E-state index in [0.717, 1.165) is 11.3 Å². The number of hydrogen-bond donors (Lipinski definition) is 3. The highest BCUT2D eigenvalue weighted by molar-refractivity contribution is 5.92. The molecule has 3 N–H and O–H groups in total. The van der Waals surface area contributed by atoms with Gasteiger partial charge in [0.1, 0.15) is 6.04 Å². The molecule has 3 aromatic rings. The highest BCUT2D eigenvalue weighted by atomic mass is 19.4. The number of aromatic amines is 1. The zero-order valence-electron chi connectivity index (χ0n) is 21.0. The molecule has 1 unspecified atom stereocenters. The van der Waals surface area contributed by atoms with E-state index >= 15 is 0 Å². The van der Waals surface area contributed by atoms with E-state index in [2.05, 4.69) is 20.6 Å². The maximum absolute atomic E-state index is 13.0. The lowest BCUT2D eigenvalue weighted by Gasteiger charge is -2.40. The van der Waals surface area contributed by atoms with Crippen molar-refractivity contribution >= 4 is 34.8 Å². The summed E-state index contributed by atoms with van der Waals surface area (Å²) >= 11 is 0. The van der Waals surface area contributed by atoms with Crippen LogP contribution in [-0.4, -0.2) is 70.1 Å². The Labute approximate surface area is 221 Å². The number of imidazole rings is 1.